The number of hydrazine groups is 1. The number of methoxy groups -OCH3 is 1. The van der Waals surface area contributed by atoms with Crippen molar-refractivity contribution in [2.75, 3.05) is 7.11 Å². The zero-order chi connectivity index (χ0) is 17.8. The number of benzene rings is 1. The highest BCUT2D eigenvalue weighted by Crippen LogP contribution is 2.26. The molecule has 1 aromatic carbocycles. The van der Waals surface area contributed by atoms with E-state index in [-0.39, 0.29) is 11.4 Å². The quantitative estimate of drug-likeness (QED) is 0.363. The topological polar surface area (TPSA) is 126 Å². The van der Waals surface area contributed by atoms with E-state index in [0.29, 0.717) is 23.0 Å². The molecule has 0 aliphatic heterocycles. The minimum atomic E-state index is -2.68. The van der Waals surface area contributed by atoms with E-state index in [2.05, 4.69) is 25.4 Å². The lowest BCUT2D eigenvalue weighted by molar-refractivity contribution is 0.403. The van der Waals surface area contributed by atoms with Crippen molar-refractivity contribution in [3.8, 4) is 17.1 Å². The normalized spacial score (nSPS) is 11.1. The molecule has 3 aromatic rings. The van der Waals surface area contributed by atoms with Gasteiger partial charge in [0.2, 0.25) is 16.8 Å². The summed E-state index contributed by atoms with van der Waals surface area (Å²) in [5, 5.41) is 7.13. The minimum absolute atomic E-state index is 0.227. The molecule has 3 rings (SSSR count). The molecule has 0 atom stereocenters. The summed E-state index contributed by atoms with van der Waals surface area (Å²) in [5.41, 5.74) is 4.57. The summed E-state index contributed by atoms with van der Waals surface area (Å²) >= 11 is 0. The predicted octanol–water partition coefficient (Wildman–Crippen LogP) is 0.114. The molecule has 0 fully saturated rings. The van der Waals surface area contributed by atoms with Crippen molar-refractivity contribution in [3.05, 3.63) is 52.4 Å². The van der Waals surface area contributed by atoms with Crippen LogP contribution in [0.4, 0.5) is 0 Å². The second-order valence-corrected chi connectivity index (χ2v) is 5.84. The van der Waals surface area contributed by atoms with Gasteiger partial charge in [0.1, 0.15) is 5.39 Å². The molecule has 0 aliphatic carbocycles. The van der Waals surface area contributed by atoms with Gasteiger partial charge in [0.25, 0.3) is 5.56 Å². The highest BCUT2D eigenvalue weighted by Gasteiger charge is 2.11. The first-order valence-corrected chi connectivity index (χ1v) is 8.41. The number of ether oxygens (including phenoxy) is 1. The fourth-order valence-electron chi connectivity index (χ4n) is 2.38. The third kappa shape index (κ3) is 3.82. The van der Waals surface area contributed by atoms with E-state index < -0.39 is 10.9 Å². The van der Waals surface area contributed by atoms with Gasteiger partial charge in [-0.25, -0.2) is 23.9 Å². The summed E-state index contributed by atoms with van der Waals surface area (Å²) in [5.74, 6) is 0.227. The Kier molecular flexibility index (Phi) is 5.03. The van der Waals surface area contributed by atoms with Crippen molar-refractivity contribution in [2.45, 2.75) is 6.54 Å². The molecule has 0 bridgehead atoms. The van der Waals surface area contributed by atoms with Gasteiger partial charge in [-0.2, -0.15) is 9.93 Å². The highest BCUT2D eigenvalue weighted by molar-refractivity contribution is 7.70. The van der Waals surface area contributed by atoms with Crippen molar-refractivity contribution in [2.24, 2.45) is 0 Å². The Morgan fingerprint density at radius 2 is 2.00 bits per heavy atom. The maximum atomic E-state index is 11.9. The minimum Gasteiger partial charge on any atom is -0.480 e. The van der Waals surface area contributed by atoms with Crippen LogP contribution >= 0.6 is 0 Å². The molecule has 25 heavy (non-hydrogen) atoms. The van der Waals surface area contributed by atoms with Crippen molar-refractivity contribution in [1.82, 2.24) is 25.4 Å². The summed E-state index contributed by atoms with van der Waals surface area (Å²) in [6.07, 6.45) is 1.54. The molecule has 2 heterocycles. The van der Waals surface area contributed by atoms with Crippen molar-refractivity contribution in [3.63, 3.8) is 0 Å². The van der Waals surface area contributed by atoms with E-state index in [1.54, 1.807) is 12.3 Å². The van der Waals surface area contributed by atoms with Crippen LogP contribution in [0.15, 0.2) is 41.3 Å². The summed E-state index contributed by atoms with van der Waals surface area (Å²) in [7, 11) is -1.23. The van der Waals surface area contributed by atoms with Crippen LogP contribution in [0.2, 0.25) is 0 Å². The van der Waals surface area contributed by atoms with E-state index in [1.807, 2.05) is 24.3 Å². The average Bonchev–Trinajstić information content (AvgIpc) is 2.61. The molecule has 0 unspecified atom stereocenters. The van der Waals surface area contributed by atoms with Crippen LogP contribution in [0.5, 0.6) is 5.88 Å². The van der Waals surface area contributed by atoms with Crippen molar-refractivity contribution >= 4 is 21.7 Å². The Morgan fingerprint density at radius 1 is 1.24 bits per heavy atom. The largest absolute Gasteiger partial charge is 0.480 e. The zero-order valence-corrected chi connectivity index (χ0v) is 14.0. The van der Waals surface area contributed by atoms with E-state index in [1.165, 1.54) is 7.11 Å². The lowest BCUT2D eigenvalue weighted by Crippen LogP contribution is -2.29. The molecule has 0 aliphatic rings. The predicted molar refractivity (Wildman–Crippen MR) is 92.4 cm³/mol. The number of pyridine rings is 1. The van der Waals surface area contributed by atoms with E-state index in [4.69, 9.17) is 4.74 Å². The highest BCUT2D eigenvalue weighted by atomic mass is 32.2. The maximum Gasteiger partial charge on any atom is 0.277 e. The number of nitrogens with one attached hydrogen (secondary N) is 3. The molecular formula is C15H15N5O4S. The molecule has 0 saturated carbocycles. The summed E-state index contributed by atoms with van der Waals surface area (Å²) in [4.78, 5) is 18.4. The summed E-state index contributed by atoms with van der Waals surface area (Å²) in [6.45, 7) is 0.345. The first kappa shape index (κ1) is 17.0. The average molecular weight is 361 g/mol. The molecule has 0 amide bonds. The van der Waals surface area contributed by atoms with Gasteiger partial charge in [0, 0.05) is 17.5 Å². The van der Waals surface area contributed by atoms with Crippen molar-refractivity contribution in [1.29, 1.82) is 0 Å². The van der Waals surface area contributed by atoms with Crippen molar-refractivity contribution < 1.29 is 13.2 Å². The number of hydrogen-bond donors (Lipinski definition) is 4. The fraction of sp³-hybridized carbons (Fsp3) is 0.133. The van der Waals surface area contributed by atoms with Crippen LogP contribution in [0.1, 0.15) is 5.56 Å². The number of fused-ring (bicyclic) bond motifs is 1. The number of hydrogen-bond acceptors (Lipinski definition) is 7. The van der Waals surface area contributed by atoms with Crippen LogP contribution in [-0.4, -0.2) is 30.7 Å². The molecule has 9 nitrogen and oxygen atoms in total. The molecule has 3 N–H and O–H groups in total. The van der Waals surface area contributed by atoms with Gasteiger partial charge >= 0.3 is 0 Å². The Labute approximate surface area is 144 Å². The molecule has 10 heteroatoms. The lowest BCUT2D eigenvalue weighted by atomic mass is 10.1. The monoisotopic (exact) mass is 361 g/mol. The summed E-state index contributed by atoms with van der Waals surface area (Å²) < 4.78 is 26.1. The van der Waals surface area contributed by atoms with Gasteiger partial charge in [-0.15, -0.1) is 0 Å². The van der Waals surface area contributed by atoms with Gasteiger partial charge in [-0.3, -0.25) is 4.79 Å². The van der Waals surface area contributed by atoms with Gasteiger partial charge in [0.15, 0.2) is 0 Å². The zero-order valence-electron chi connectivity index (χ0n) is 13.1. The molecule has 130 valence electrons. The third-order valence-electron chi connectivity index (χ3n) is 3.52. The SMILES string of the molecule is COc1nc(-c2ccc(CNN[SH](=O)=O)cc2)cc2cn[nH]c(=O)c12. The number of H-pyrrole nitrogens is 1. The van der Waals surface area contributed by atoms with Crippen LogP contribution in [0, 0.1) is 0 Å². The standard InChI is InChI=1S/C15H15N5O4S/c1-24-15-13-11(8-16-19-14(13)21)6-12(18-15)10-4-2-9(3-5-10)7-17-20-25(22)23/h2-6,8,17,25H,7H2,1H3,(H,19,21)(H,20,22,23). The Balaban J connectivity index is 1.92. The first-order valence-electron chi connectivity index (χ1n) is 7.23. The second kappa shape index (κ2) is 7.38. The number of aromatic amines is 1. The molecule has 0 radical (unpaired) electrons. The number of nitrogens with zero attached hydrogens (tertiary/aromatic N) is 2. The van der Waals surface area contributed by atoms with E-state index >= 15 is 0 Å². The number of aromatic nitrogens is 3. The Morgan fingerprint density at radius 3 is 2.68 bits per heavy atom. The number of thiol groups is 1. The molecular weight excluding hydrogens is 346 g/mol. The first-order chi connectivity index (χ1) is 12.1. The smallest absolute Gasteiger partial charge is 0.277 e. The fourth-order valence-corrected chi connectivity index (χ4v) is 2.59. The van der Waals surface area contributed by atoms with Gasteiger partial charge < -0.3 is 4.74 Å². The van der Waals surface area contributed by atoms with Crippen LogP contribution in [0.25, 0.3) is 22.0 Å². The van der Waals surface area contributed by atoms with Gasteiger partial charge in [-0.05, 0) is 11.6 Å². The van der Waals surface area contributed by atoms with Crippen LogP contribution in [0.3, 0.4) is 0 Å². The lowest BCUT2D eigenvalue weighted by Gasteiger charge is -2.08. The van der Waals surface area contributed by atoms with Gasteiger partial charge in [-0.1, -0.05) is 24.3 Å². The molecule has 0 saturated heterocycles. The number of rotatable bonds is 6. The van der Waals surface area contributed by atoms with Crippen LogP contribution < -0.4 is 20.6 Å². The third-order valence-corrected chi connectivity index (χ3v) is 3.86. The van der Waals surface area contributed by atoms with Crippen LogP contribution in [-0.2, 0) is 17.4 Å². The van der Waals surface area contributed by atoms with Gasteiger partial charge in [0.05, 0.1) is 19.0 Å². The van der Waals surface area contributed by atoms with E-state index in [0.717, 1.165) is 11.1 Å². The summed E-state index contributed by atoms with van der Waals surface area (Å²) in [6, 6.07) is 9.15. The Bertz CT molecular complexity index is 1020. The Hall–Kier alpha value is -2.82. The maximum absolute atomic E-state index is 11.9. The molecule has 2 aromatic heterocycles. The second-order valence-electron chi connectivity index (χ2n) is 5.10. The van der Waals surface area contributed by atoms with E-state index in [9.17, 15) is 13.2 Å². The molecule has 0 spiro atoms.